The van der Waals surface area contributed by atoms with Gasteiger partial charge in [0.2, 0.25) is 0 Å². The van der Waals surface area contributed by atoms with Gasteiger partial charge in [-0.3, -0.25) is 4.79 Å². The average Bonchev–Trinajstić information content (AvgIpc) is 3.18. The number of benzene rings is 1. The number of aryl methyl sites for hydroxylation is 1. The molecule has 1 fully saturated rings. The molecule has 2 N–H and O–H groups in total. The summed E-state index contributed by atoms with van der Waals surface area (Å²) in [5.41, 5.74) is 2.95. The van der Waals surface area contributed by atoms with Crippen LogP contribution < -0.4 is 5.32 Å². The Morgan fingerprint density at radius 3 is 2.79 bits per heavy atom. The first-order chi connectivity index (χ1) is 14.2. The standard InChI is InChI=1S/C22H27N5O2/c1-15-5-3-4-6-17(15)20(28)18-13-23-21-19(18)22(25-14-24-21)26-16-7-9-27(10-8-16)11-12-29-2/h3-6,13-14,16H,7-12H2,1-2H3,(H2,23,24,25,26). The first-order valence-corrected chi connectivity index (χ1v) is 10.1. The summed E-state index contributed by atoms with van der Waals surface area (Å²) in [6, 6.07) is 7.97. The summed E-state index contributed by atoms with van der Waals surface area (Å²) in [5, 5.41) is 4.33. The molecule has 7 nitrogen and oxygen atoms in total. The highest BCUT2D eigenvalue weighted by atomic mass is 16.5. The van der Waals surface area contributed by atoms with E-state index in [0.717, 1.165) is 55.9 Å². The lowest BCUT2D eigenvalue weighted by atomic mass is 9.99. The van der Waals surface area contributed by atoms with Gasteiger partial charge in [-0.1, -0.05) is 24.3 Å². The fourth-order valence-electron chi connectivity index (χ4n) is 3.94. The van der Waals surface area contributed by atoms with E-state index in [9.17, 15) is 4.79 Å². The average molecular weight is 393 g/mol. The van der Waals surface area contributed by atoms with Crippen molar-refractivity contribution >= 4 is 22.6 Å². The molecule has 7 heteroatoms. The summed E-state index contributed by atoms with van der Waals surface area (Å²) >= 11 is 0. The maximum Gasteiger partial charge on any atom is 0.195 e. The molecule has 3 aromatic rings. The molecule has 3 heterocycles. The second-order valence-electron chi connectivity index (χ2n) is 7.55. The number of carbonyl (C=O) groups is 1. The van der Waals surface area contributed by atoms with Gasteiger partial charge in [-0.15, -0.1) is 0 Å². The van der Waals surface area contributed by atoms with Crippen molar-refractivity contribution < 1.29 is 9.53 Å². The van der Waals surface area contributed by atoms with Crippen LogP contribution in [0.5, 0.6) is 0 Å². The van der Waals surface area contributed by atoms with E-state index in [2.05, 4.69) is 25.2 Å². The van der Waals surface area contributed by atoms with E-state index in [1.807, 2.05) is 31.2 Å². The number of rotatable bonds is 7. The summed E-state index contributed by atoms with van der Waals surface area (Å²) in [4.78, 5) is 27.5. The monoisotopic (exact) mass is 393 g/mol. The molecule has 0 saturated carbocycles. The van der Waals surface area contributed by atoms with E-state index in [1.165, 1.54) is 6.33 Å². The number of piperidine rings is 1. The molecule has 0 amide bonds. The molecule has 0 atom stereocenters. The summed E-state index contributed by atoms with van der Waals surface area (Å²) < 4.78 is 5.18. The first kappa shape index (κ1) is 19.5. The number of H-pyrrole nitrogens is 1. The SMILES string of the molecule is COCCN1CCC(Nc2ncnc3[nH]cc(C(=O)c4ccccc4C)c23)CC1. The number of ether oxygens (including phenoxy) is 1. The Morgan fingerprint density at radius 1 is 1.24 bits per heavy atom. The van der Waals surface area contributed by atoms with E-state index in [4.69, 9.17) is 4.74 Å². The molecule has 152 valence electrons. The topological polar surface area (TPSA) is 83.1 Å². The number of ketones is 1. The van der Waals surface area contributed by atoms with Crippen LogP contribution in [0.15, 0.2) is 36.8 Å². The smallest absolute Gasteiger partial charge is 0.195 e. The highest BCUT2D eigenvalue weighted by Crippen LogP contribution is 2.28. The summed E-state index contributed by atoms with van der Waals surface area (Å²) in [6.07, 6.45) is 5.34. The van der Waals surface area contributed by atoms with Crippen LogP contribution in [0.3, 0.4) is 0 Å². The molecule has 1 saturated heterocycles. The molecular weight excluding hydrogens is 366 g/mol. The van der Waals surface area contributed by atoms with Gasteiger partial charge in [0.15, 0.2) is 5.78 Å². The van der Waals surface area contributed by atoms with Crippen LogP contribution >= 0.6 is 0 Å². The molecule has 0 unspecified atom stereocenters. The number of anilines is 1. The Bertz CT molecular complexity index is 992. The van der Waals surface area contributed by atoms with Crippen molar-refractivity contribution in [3.8, 4) is 0 Å². The molecule has 0 radical (unpaired) electrons. The molecule has 1 aliphatic heterocycles. The summed E-state index contributed by atoms with van der Waals surface area (Å²) in [5.74, 6) is 0.713. The van der Waals surface area contributed by atoms with Crippen LogP contribution in [0.4, 0.5) is 5.82 Å². The van der Waals surface area contributed by atoms with Gasteiger partial charge in [0.05, 0.1) is 17.6 Å². The Balaban J connectivity index is 1.56. The van der Waals surface area contributed by atoms with E-state index in [-0.39, 0.29) is 5.78 Å². The lowest BCUT2D eigenvalue weighted by molar-refractivity contribution is 0.103. The van der Waals surface area contributed by atoms with Crippen LogP contribution in [0.1, 0.15) is 34.3 Å². The van der Waals surface area contributed by atoms with Crippen molar-refractivity contribution in [2.75, 3.05) is 38.7 Å². The van der Waals surface area contributed by atoms with Crippen molar-refractivity contribution in [2.24, 2.45) is 0 Å². The van der Waals surface area contributed by atoms with Gasteiger partial charge >= 0.3 is 0 Å². The fraction of sp³-hybridized carbons (Fsp3) is 0.409. The Labute approximate surface area is 170 Å². The normalized spacial score (nSPS) is 15.7. The zero-order valence-electron chi connectivity index (χ0n) is 16.9. The molecular formula is C22H27N5O2. The maximum atomic E-state index is 13.2. The van der Waals surface area contributed by atoms with Crippen molar-refractivity contribution in [2.45, 2.75) is 25.8 Å². The van der Waals surface area contributed by atoms with E-state index >= 15 is 0 Å². The number of methoxy groups -OCH3 is 1. The first-order valence-electron chi connectivity index (χ1n) is 10.1. The number of aromatic nitrogens is 3. The molecule has 1 aliphatic rings. The molecule has 2 aromatic heterocycles. The van der Waals surface area contributed by atoms with Crippen molar-refractivity contribution in [3.63, 3.8) is 0 Å². The predicted octanol–water partition coefficient (Wildman–Crippen LogP) is 3.02. The molecule has 29 heavy (non-hydrogen) atoms. The van der Waals surface area contributed by atoms with Crippen LogP contribution in [-0.4, -0.2) is 65.0 Å². The van der Waals surface area contributed by atoms with Crippen LogP contribution in [0.2, 0.25) is 0 Å². The zero-order chi connectivity index (χ0) is 20.2. The molecule has 0 aliphatic carbocycles. The number of hydrogen-bond donors (Lipinski definition) is 2. The number of likely N-dealkylation sites (tertiary alicyclic amines) is 1. The number of carbonyl (C=O) groups excluding carboxylic acids is 1. The molecule has 0 bridgehead atoms. The summed E-state index contributed by atoms with van der Waals surface area (Å²) in [7, 11) is 1.74. The highest BCUT2D eigenvalue weighted by Gasteiger charge is 2.23. The Hall–Kier alpha value is -2.77. The summed E-state index contributed by atoms with van der Waals surface area (Å²) in [6.45, 7) is 5.73. The van der Waals surface area contributed by atoms with Crippen LogP contribution in [-0.2, 0) is 4.74 Å². The third kappa shape index (κ3) is 4.16. The van der Waals surface area contributed by atoms with E-state index in [0.29, 0.717) is 22.8 Å². The van der Waals surface area contributed by atoms with Crippen LogP contribution in [0, 0.1) is 6.92 Å². The lowest BCUT2D eigenvalue weighted by Gasteiger charge is -2.32. The molecule has 4 rings (SSSR count). The van der Waals surface area contributed by atoms with E-state index in [1.54, 1.807) is 13.3 Å². The quantitative estimate of drug-likeness (QED) is 0.601. The largest absolute Gasteiger partial charge is 0.383 e. The lowest BCUT2D eigenvalue weighted by Crippen LogP contribution is -2.40. The van der Waals surface area contributed by atoms with Crippen molar-refractivity contribution in [1.29, 1.82) is 0 Å². The minimum Gasteiger partial charge on any atom is -0.383 e. The van der Waals surface area contributed by atoms with Gasteiger partial charge in [0, 0.05) is 44.5 Å². The minimum absolute atomic E-state index is 0.0124. The highest BCUT2D eigenvalue weighted by molar-refractivity contribution is 6.18. The van der Waals surface area contributed by atoms with E-state index < -0.39 is 0 Å². The second kappa shape index (κ2) is 8.71. The molecule has 0 spiro atoms. The van der Waals surface area contributed by atoms with Gasteiger partial charge in [0.25, 0.3) is 0 Å². The Kier molecular flexibility index (Phi) is 5.87. The zero-order valence-corrected chi connectivity index (χ0v) is 16.9. The van der Waals surface area contributed by atoms with Gasteiger partial charge in [-0.25, -0.2) is 9.97 Å². The van der Waals surface area contributed by atoms with Gasteiger partial charge in [-0.2, -0.15) is 0 Å². The minimum atomic E-state index is -0.0124. The number of nitrogens with one attached hydrogen (secondary N) is 2. The second-order valence-corrected chi connectivity index (χ2v) is 7.55. The Morgan fingerprint density at radius 2 is 2.03 bits per heavy atom. The van der Waals surface area contributed by atoms with Gasteiger partial charge in [-0.05, 0) is 25.3 Å². The van der Waals surface area contributed by atoms with Crippen molar-refractivity contribution in [1.82, 2.24) is 19.9 Å². The third-order valence-electron chi connectivity index (χ3n) is 5.64. The van der Waals surface area contributed by atoms with Gasteiger partial charge < -0.3 is 19.9 Å². The van der Waals surface area contributed by atoms with Crippen LogP contribution in [0.25, 0.3) is 11.0 Å². The maximum absolute atomic E-state index is 13.2. The number of nitrogens with zero attached hydrogens (tertiary/aromatic N) is 3. The molecule has 1 aromatic carbocycles. The number of aromatic amines is 1. The van der Waals surface area contributed by atoms with Crippen molar-refractivity contribution in [3.05, 3.63) is 53.5 Å². The number of fused-ring (bicyclic) bond motifs is 1. The van der Waals surface area contributed by atoms with Gasteiger partial charge in [0.1, 0.15) is 17.8 Å². The fourth-order valence-corrected chi connectivity index (χ4v) is 3.94. The number of hydrogen-bond acceptors (Lipinski definition) is 6. The predicted molar refractivity (Wildman–Crippen MR) is 113 cm³/mol. The third-order valence-corrected chi connectivity index (χ3v) is 5.64.